The molecule has 7 aliphatic rings. The van der Waals surface area contributed by atoms with Crippen LogP contribution in [-0.4, -0.2) is 29.4 Å². The molecular formula is C19H23NO2. The third-order valence-electron chi connectivity index (χ3n) is 9.28. The maximum Gasteiger partial charge on any atom is 0.0994 e. The molecule has 0 amide bonds. The SMILES string of the molecule is COC1=C2CCC2C2=C(C1)C13C2CC1(O)C1CC2C(C)NC213. The second-order valence-electron chi connectivity index (χ2n) is 9.04. The molecule has 6 aliphatic carbocycles. The van der Waals surface area contributed by atoms with Gasteiger partial charge in [-0.3, -0.25) is 0 Å². The average Bonchev–Trinajstić information content (AvgIpc) is 2.44. The van der Waals surface area contributed by atoms with Crippen molar-refractivity contribution in [2.45, 2.75) is 56.2 Å². The first kappa shape index (κ1) is 11.7. The number of aliphatic hydroxyl groups is 1. The Morgan fingerprint density at radius 3 is 2.86 bits per heavy atom. The lowest BCUT2D eigenvalue weighted by Gasteiger charge is -2.97. The number of allylic oxidation sites excluding steroid dienone is 3. The van der Waals surface area contributed by atoms with Crippen LogP contribution in [0.5, 0.6) is 0 Å². The zero-order chi connectivity index (χ0) is 14.6. The first-order chi connectivity index (χ1) is 10.6. The van der Waals surface area contributed by atoms with Crippen molar-refractivity contribution in [3.63, 3.8) is 0 Å². The largest absolute Gasteiger partial charge is 0.501 e. The lowest BCUT2D eigenvalue weighted by atomic mass is 9.11. The van der Waals surface area contributed by atoms with E-state index in [9.17, 15) is 5.11 Å². The van der Waals surface area contributed by atoms with E-state index < -0.39 is 0 Å². The topological polar surface area (TPSA) is 41.5 Å². The highest BCUT2D eigenvalue weighted by atomic mass is 16.5. The second-order valence-corrected chi connectivity index (χ2v) is 9.04. The van der Waals surface area contributed by atoms with Gasteiger partial charge in [0.1, 0.15) is 0 Å². The molecule has 8 unspecified atom stereocenters. The van der Waals surface area contributed by atoms with Crippen molar-refractivity contribution in [1.82, 2.24) is 5.32 Å². The van der Waals surface area contributed by atoms with Crippen LogP contribution in [0.15, 0.2) is 22.5 Å². The summed E-state index contributed by atoms with van der Waals surface area (Å²) < 4.78 is 5.75. The van der Waals surface area contributed by atoms with Crippen LogP contribution in [0.3, 0.4) is 0 Å². The number of methoxy groups -OCH3 is 1. The molecule has 22 heavy (non-hydrogen) atoms. The van der Waals surface area contributed by atoms with Gasteiger partial charge in [0.15, 0.2) is 0 Å². The van der Waals surface area contributed by atoms with Crippen LogP contribution in [0.1, 0.15) is 39.0 Å². The van der Waals surface area contributed by atoms with Crippen LogP contribution < -0.4 is 5.32 Å². The van der Waals surface area contributed by atoms with Crippen LogP contribution in [0.2, 0.25) is 0 Å². The Labute approximate surface area is 130 Å². The zero-order valence-electron chi connectivity index (χ0n) is 13.3. The van der Waals surface area contributed by atoms with Gasteiger partial charge in [-0.15, -0.1) is 0 Å². The lowest BCUT2D eigenvalue weighted by Crippen LogP contribution is -3.06. The number of piperidine rings is 1. The fraction of sp³-hybridized carbons (Fsp3) is 0.789. The first-order valence-corrected chi connectivity index (χ1v) is 9.10. The maximum absolute atomic E-state index is 11.4. The van der Waals surface area contributed by atoms with Crippen molar-refractivity contribution in [2.75, 3.05) is 7.11 Å². The monoisotopic (exact) mass is 297 g/mol. The molecule has 1 heterocycles. The number of hydrogen-bond acceptors (Lipinski definition) is 3. The molecule has 2 N–H and O–H groups in total. The van der Waals surface area contributed by atoms with Crippen molar-refractivity contribution in [1.29, 1.82) is 0 Å². The molecule has 5 fully saturated rings. The molecule has 0 aromatic rings. The van der Waals surface area contributed by atoms with Gasteiger partial charge in [0.2, 0.25) is 0 Å². The molecular weight excluding hydrogens is 274 g/mol. The van der Waals surface area contributed by atoms with E-state index in [2.05, 4.69) is 12.2 Å². The summed E-state index contributed by atoms with van der Waals surface area (Å²) in [7, 11) is 1.84. The molecule has 1 aliphatic heterocycles. The van der Waals surface area contributed by atoms with Gasteiger partial charge >= 0.3 is 0 Å². The summed E-state index contributed by atoms with van der Waals surface area (Å²) in [5, 5.41) is 15.3. The highest BCUT2D eigenvalue weighted by Gasteiger charge is 2.99. The number of rotatable bonds is 1. The first-order valence-electron chi connectivity index (χ1n) is 9.10. The molecule has 3 nitrogen and oxygen atoms in total. The second kappa shape index (κ2) is 2.84. The normalized spacial score (nSPS) is 64.6. The summed E-state index contributed by atoms with van der Waals surface area (Å²) in [6.07, 6.45) is 5.85. The predicted molar refractivity (Wildman–Crippen MR) is 80.8 cm³/mol. The van der Waals surface area contributed by atoms with E-state index in [1.807, 2.05) is 7.11 Å². The van der Waals surface area contributed by atoms with Gasteiger partial charge in [-0.1, -0.05) is 11.1 Å². The number of nitrogens with one attached hydrogen (secondary N) is 1. The van der Waals surface area contributed by atoms with E-state index in [4.69, 9.17) is 4.74 Å². The smallest absolute Gasteiger partial charge is 0.0994 e. The fourth-order valence-electron chi connectivity index (χ4n) is 8.65. The van der Waals surface area contributed by atoms with Crippen molar-refractivity contribution < 1.29 is 9.84 Å². The van der Waals surface area contributed by atoms with Gasteiger partial charge in [0.25, 0.3) is 0 Å². The molecule has 8 atom stereocenters. The molecule has 0 aromatic carbocycles. The molecule has 1 saturated heterocycles. The van der Waals surface area contributed by atoms with Crippen molar-refractivity contribution in [3.05, 3.63) is 22.5 Å². The summed E-state index contributed by atoms with van der Waals surface area (Å²) in [4.78, 5) is 0. The number of hydrogen-bond donors (Lipinski definition) is 2. The van der Waals surface area contributed by atoms with Crippen LogP contribution in [-0.2, 0) is 4.74 Å². The summed E-state index contributed by atoms with van der Waals surface area (Å²) in [6, 6.07) is 0.654. The maximum atomic E-state index is 11.4. The van der Waals surface area contributed by atoms with E-state index >= 15 is 0 Å². The van der Waals surface area contributed by atoms with Crippen molar-refractivity contribution >= 4 is 0 Å². The zero-order valence-corrected chi connectivity index (χ0v) is 13.3. The van der Waals surface area contributed by atoms with Gasteiger partial charge in [-0.05, 0) is 50.0 Å². The minimum absolute atomic E-state index is 0.111. The average molecular weight is 297 g/mol. The minimum atomic E-state index is -0.375. The van der Waals surface area contributed by atoms with Gasteiger partial charge in [0.05, 0.1) is 18.5 Å². The standard InChI is InChI=1S/C19H23NO2/c1-8-11-6-15-17(21)7-13-16-10-4-3-9(10)14(22-2)5-12(16)18(13,17)19(11,15)20-8/h8,10-11,13,15,20-21H,3-7H2,1-2H3. The van der Waals surface area contributed by atoms with Crippen molar-refractivity contribution in [3.8, 4) is 0 Å². The molecule has 4 saturated carbocycles. The van der Waals surface area contributed by atoms with E-state index in [1.54, 1.807) is 16.7 Å². The predicted octanol–water partition coefficient (Wildman–Crippen LogP) is 2.13. The Morgan fingerprint density at radius 1 is 1.36 bits per heavy atom. The third-order valence-corrected chi connectivity index (χ3v) is 9.28. The summed E-state index contributed by atoms with van der Waals surface area (Å²) in [5.41, 5.74) is 4.95. The van der Waals surface area contributed by atoms with E-state index in [-0.39, 0.29) is 16.6 Å². The Balaban J connectivity index is 1.39. The number of ether oxygens (including phenoxy) is 1. The van der Waals surface area contributed by atoms with Crippen LogP contribution in [0.25, 0.3) is 0 Å². The summed E-state index contributed by atoms with van der Waals surface area (Å²) in [6.45, 7) is 2.33. The van der Waals surface area contributed by atoms with Gasteiger partial charge < -0.3 is 15.2 Å². The molecule has 116 valence electrons. The van der Waals surface area contributed by atoms with E-state index in [0.29, 0.717) is 23.8 Å². The summed E-state index contributed by atoms with van der Waals surface area (Å²) in [5.74, 6) is 3.95. The van der Waals surface area contributed by atoms with Gasteiger partial charge in [0, 0.05) is 35.3 Å². The molecule has 7 rings (SSSR count). The summed E-state index contributed by atoms with van der Waals surface area (Å²) >= 11 is 0. The fourth-order valence-corrected chi connectivity index (χ4v) is 8.65. The Kier molecular flexibility index (Phi) is 1.51. The van der Waals surface area contributed by atoms with Crippen molar-refractivity contribution in [2.24, 2.45) is 29.1 Å². The van der Waals surface area contributed by atoms with Crippen LogP contribution >= 0.6 is 0 Å². The van der Waals surface area contributed by atoms with Gasteiger partial charge in [-0.25, -0.2) is 0 Å². The quantitative estimate of drug-likeness (QED) is 0.729. The van der Waals surface area contributed by atoms with Gasteiger partial charge in [-0.2, -0.15) is 0 Å². The minimum Gasteiger partial charge on any atom is -0.501 e. The Hall–Kier alpha value is -0.800. The Morgan fingerprint density at radius 2 is 2.23 bits per heavy atom. The lowest BCUT2D eigenvalue weighted by molar-refractivity contribution is -0.452. The Bertz CT molecular complexity index is 738. The molecule has 0 aromatic heterocycles. The third kappa shape index (κ3) is 0.687. The highest BCUT2D eigenvalue weighted by molar-refractivity contribution is 5.67. The molecule has 0 radical (unpaired) electrons. The number of fused-ring (bicyclic) bond motifs is 4. The molecule has 2 spiro atoms. The van der Waals surface area contributed by atoms with Crippen LogP contribution in [0.4, 0.5) is 0 Å². The highest BCUT2D eigenvalue weighted by Crippen LogP contribution is 2.93. The molecule has 3 heteroatoms. The van der Waals surface area contributed by atoms with E-state index in [0.717, 1.165) is 18.8 Å². The van der Waals surface area contributed by atoms with E-state index in [1.165, 1.54) is 25.0 Å². The van der Waals surface area contributed by atoms with Crippen LogP contribution in [0, 0.1) is 29.1 Å². The molecule has 0 bridgehead atoms.